The quantitative estimate of drug-likeness (QED) is 0.838. The molecule has 1 fully saturated rings. The first-order chi connectivity index (χ1) is 11.5. The van der Waals surface area contributed by atoms with E-state index in [4.69, 9.17) is 4.52 Å². The molecule has 0 unspecified atom stereocenters. The van der Waals surface area contributed by atoms with Crippen LogP contribution in [0.2, 0.25) is 0 Å². The molecular weight excluding hydrogens is 311 g/mol. The second-order valence-corrected chi connectivity index (χ2v) is 6.24. The maximum absolute atomic E-state index is 13.7. The molecule has 1 aliphatic rings. The lowest BCUT2D eigenvalue weighted by Crippen LogP contribution is -2.37. The molecule has 1 atom stereocenters. The number of nitrogens with zero attached hydrogens (tertiary/aromatic N) is 4. The van der Waals surface area contributed by atoms with Crippen LogP contribution in [0, 0.1) is 12.7 Å². The van der Waals surface area contributed by atoms with E-state index in [9.17, 15) is 9.18 Å². The van der Waals surface area contributed by atoms with E-state index in [0.29, 0.717) is 23.8 Å². The van der Waals surface area contributed by atoms with E-state index in [1.807, 2.05) is 0 Å². The van der Waals surface area contributed by atoms with Gasteiger partial charge in [0.15, 0.2) is 5.82 Å². The zero-order valence-electron chi connectivity index (χ0n) is 13.9. The summed E-state index contributed by atoms with van der Waals surface area (Å²) in [6, 6.07) is 6.52. The van der Waals surface area contributed by atoms with Gasteiger partial charge in [-0.05, 0) is 26.0 Å². The molecule has 6 nitrogen and oxygen atoms in total. The molecule has 0 bridgehead atoms. The molecule has 24 heavy (non-hydrogen) atoms. The smallest absolute Gasteiger partial charge is 0.236 e. The van der Waals surface area contributed by atoms with Crippen molar-refractivity contribution in [2.75, 3.05) is 26.7 Å². The van der Waals surface area contributed by atoms with Crippen LogP contribution in [0.15, 0.2) is 28.8 Å². The van der Waals surface area contributed by atoms with Gasteiger partial charge in [0, 0.05) is 25.7 Å². The Morgan fingerprint density at radius 1 is 1.46 bits per heavy atom. The molecule has 0 spiro atoms. The Labute approximate surface area is 140 Å². The summed E-state index contributed by atoms with van der Waals surface area (Å²) in [5.74, 6) is 1.13. The third-order valence-corrected chi connectivity index (χ3v) is 4.31. The minimum Gasteiger partial charge on any atom is -0.340 e. The minimum absolute atomic E-state index is 0.0272. The summed E-state index contributed by atoms with van der Waals surface area (Å²) in [5.41, 5.74) is 0.522. The Balaban J connectivity index is 1.52. The van der Waals surface area contributed by atoms with E-state index in [1.54, 1.807) is 37.1 Å². The van der Waals surface area contributed by atoms with Crippen molar-refractivity contribution in [2.45, 2.75) is 25.8 Å². The van der Waals surface area contributed by atoms with Crippen LogP contribution >= 0.6 is 0 Å². The molecule has 2 heterocycles. The van der Waals surface area contributed by atoms with Crippen molar-refractivity contribution >= 4 is 5.91 Å². The van der Waals surface area contributed by atoms with E-state index >= 15 is 0 Å². The fraction of sp³-hybridized carbons (Fsp3) is 0.471. The standard InChI is InChI=1S/C17H21FN4O2/c1-12-19-17(24-20-12)14-7-8-22(10-14)11-16(23)21(2)9-13-5-3-4-6-15(13)18/h3-6,14H,7-11H2,1-2H3/t14-/m0/s1. The number of halogens is 1. The Hall–Kier alpha value is -2.28. The molecule has 0 radical (unpaired) electrons. The largest absolute Gasteiger partial charge is 0.340 e. The van der Waals surface area contributed by atoms with Crippen LogP contribution in [-0.2, 0) is 11.3 Å². The highest BCUT2D eigenvalue weighted by atomic mass is 19.1. The lowest BCUT2D eigenvalue weighted by Gasteiger charge is -2.21. The molecular formula is C17H21FN4O2. The van der Waals surface area contributed by atoms with Crippen molar-refractivity contribution < 1.29 is 13.7 Å². The summed E-state index contributed by atoms with van der Waals surface area (Å²) in [6.45, 7) is 3.91. The van der Waals surface area contributed by atoms with E-state index in [-0.39, 0.29) is 24.2 Å². The summed E-state index contributed by atoms with van der Waals surface area (Å²) in [5, 5.41) is 3.82. The van der Waals surface area contributed by atoms with Gasteiger partial charge in [0.05, 0.1) is 12.5 Å². The summed E-state index contributed by atoms with van der Waals surface area (Å²) in [7, 11) is 1.70. The van der Waals surface area contributed by atoms with Gasteiger partial charge in [0.2, 0.25) is 11.8 Å². The maximum Gasteiger partial charge on any atom is 0.236 e. The molecule has 0 saturated carbocycles. The van der Waals surface area contributed by atoms with Crippen molar-refractivity contribution in [2.24, 2.45) is 0 Å². The Bertz CT molecular complexity index is 718. The van der Waals surface area contributed by atoms with Crippen molar-refractivity contribution in [3.63, 3.8) is 0 Å². The minimum atomic E-state index is -0.287. The molecule has 0 N–H and O–H groups in total. The van der Waals surface area contributed by atoms with Gasteiger partial charge >= 0.3 is 0 Å². The molecule has 1 amide bonds. The molecule has 7 heteroatoms. The molecule has 1 aromatic heterocycles. The van der Waals surface area contributed by atoms with E-state index in [1.165, 1.54) is 6.07 Å². The molecule has 1 aliphatic heterocycles. The van der Waals surface area contributed by atoms with Crippen molar-refractivity contribution in [3.8, 4) is 0 Å². The average Bonchev–Trinajstić information content (AvgIpc) is 3.18. The molecule has 1 aromatic carbocycles. The predicted octanol–water partition coefficient (Wildman–Crippen LogP) is 1.97. The third kappa shape index (κ3) is 3.79. The molecule has 2 aromatic rings. The highest BCUT2D eigenvalue weighted by molar-refractivity contribution is 5.78. The maximum atomic E-state index is 13.7. The highest BCUT2D eigenvalue weighted by Gasteiger charge is 2.29. The van der Waals surface area contributed by atoms with Crippen molar-refractivity contribution in [1.82, 2.24) is 19.9 Å². The summed E-state index contributed by atoms with van der Waals surface area (Å²) < 4.78 is 18.9. The Morgan fingerprint density at radius 2 is 2.25 bits per heavy atom. The number of carbonyl (C=O) groups excluding carboxylic acids is 1. The van der Waals surface area contributed by atoms with Gasteiger partial charge in [0.1, 0.15) is 5.82 Å². The number of hydrogen-bond acceptors (Lipinski definition) is 5. The SMILES string of the molecule is Cc1noc([C@H]2CCN(CC(=O)N(C)Cc3ccccc3F)C2)n1. The number of likely N-dealkylation sites (N-methyl/N-ethyl adjacent to an activating group) is 1. The first-order valence-electron chi connectivity index (χ1n) is 8.03. The van der Waals surface area contributed by atoms with Crippen LogP contribution in [0.4, 0.5) is 4.39 Å². The van der Waals surface area contributed by atoms with Gasteiger partial charge in [0.25, 0.3) is 0 Å². The van der Waals surface area contributed by atoms with Gasteiger partial charge in [-0.2, -0.15) is 4.98 Å². The van der Waals surface area contributed by atoms with Crippen LogP contribution in [0.25, 0.3) is 0 Å². The summed E-state index contributed by atoms with van der Waals surface area (Å²) in [4.78, 5) is 20.3. The van der Waals surface area contributed by atoms with E-state index < -0.39 is 0 Å². The van der Waals surface area contributed by atoms with Gasteiger partial charge < -0.3 is 9.42 Å². The van der Waals surface area contributed by atoms with Crippen LogP contribution < -0.4 is 0 Å². The number of aryl methyl sites for hydroxylation is 1. The number of likely N-dealkylation sites (tertiary alicyclic amines) is 1. The third-order valence-electron chi connectivity index (χ3n) is 4.31. The Kier molecular flexibility index (Phi) is 4.89. The van der Waals surface area contributed by atoms with Gasteiger partial charge in [-0.25, -0.2) is 4.39 Å². The fourth-order valence-electron chi connectivity index (χ4n) is 2.94. The van der Waals surface area contributed by atoms with Crippen molar-refractivity contribution in [3.05, 3.63) is 47.4 Å². The molecule has 3 rings (SSSR count). The number of carbonyl (C=O) groups is 1. The lowest BCUT2D eigenvalue weighted by atomic mass is 10.1. The zero-order chi connectivity index (χ0) is 17.1. The number of hydrogen-bond donors (Lipinski definition) is 0. The molecule has 1 saturated heterocycles. The van der Waals surface area contributed by atoms with Gasteiger partial charge in [-0.15, -0.1) is 0 Å². The van der Waals surface area contributed by atoms with Crippen LogP contribution in [-0.4, -0.2) is 52.5 Å². The highest BCUT2D eigenvalue weighted by Crippen LogP contribution is 2.25. The number of aromatic nitrogens is 2. The van der Waals surface area contributed by atoms with Crippen LogP contribution in [0.1, 0.15) is 29.6 Å². The van der Waals surface area contributed by atoms with Crippen LogP contribution in [0.3, 0.4) is 0 Å². The second-order valence-electron chi connectivity index (χ2n) is 6.24. The topological polar surface area (TPSA) is 62.5 Å². The first-order valence-corrected chi connectivity index (χ1v) is 8.03. The predicted molar refractivity (Wildman–Crippen MR) is 85.7 cm³/mol. The summed E-state index contributed by atoms with van der Waals surface area (Å²) >= 11 is 0. The zero-order valence-corrected chi connectivity index (χ0v) is 13.9. The Morgan fingerprint density at radius 3 is 2.96 bits per heavy atom. The first kappa shape index (κ1) is 16.6. The number of benzene rings is 1. The number of amides is 1. The molecule has 128 valence electrons. The van der Waals surface area contributed by atoms with E-state index in [0.717, 1.165) is 19.5 Å². The monoisotopic (exact) mass is 332 g/mol. The van der Waals surface area contributed by atoms with Gasteiger partial charge in [-0.3, -0.25) is 9.69 Å². The van der Waals surface area contributed by atoms with Crippen molar-refractivity contribution in [1.29, 1.82) is 0 Å². The normalized spacial score (nSPS) is 18.0. The molecule has 0 aliphatic carbocycles. The average molecular weight is 332 g/mol. The summed E-state index contributed by atoms with van der Waals surface area (Å²) in [6.07, 6.45) is 0.895. The second kappa shape index (κ2) is 7.09. The lowest BCUT2D eigenvalue weighted by molar-refractivity contribution is -0.131. The van der Waals surface area contributed by atoms with Gasteiger partial charge in [-0.1, -0.05) is 23.4 Å². The van der Waals surface area contributed by atoms with E-state index in [2.05, 4.69) is 15.0 Å². The fourth-order valence-corrected chi connectivity index (χ4v) is 2.94. The van der Waals surface area contributed by atoms with Crippen LogP contribution in [0.5, 0.6) is 0 Å². The number of rotatable bonds is 5.